The first-order valence-corrected chi connectivity index (χ1v) is 4.32. The molecule has 0 unspecified atom stereocenters. The second-order valence-corrected chi connectivity index (χ2v) is 2.76. The monoisotopic (exact) mass is 151 g/mol. The van der Waals surface area contributed by atoms with E-state index in [2.05, 4.69) is 17.0 Å². The molecule has 8 heavy (non-hydrogen) atoms. The molecule has 0 fully saturated rings. The van der Waals surface area contributed by atoms with Gasteiger partial charge in [0.25, 0.3) is 0 Å². The molecule has 0 aromatic heterocycles. The average Bonchev–Trinajstić information content (AvgIpc) is 1.66. The zero-order valence-electron chi connectivity index (χ0n) is 4.68. The van der Waals surface area contributed by atoms with Gasteiger partial charge in [0.15, 0.2) is 0 Å². The van der Waals surface area contributed by atoms with Crippen molar-refractivity contribution in [1.29, 1.82) is 0 Å². The van der Waals surface area contributed by atoms with Gasteiger partial charge in [-0.3, -0.25) is 4.79 Å². The highest BCUT2D eigenvalue weighted by molar-refractivity contribution is 8.68. The van der Waals surface area contributed by atoms with E-state index in [1.165, 1.54) is 17.7 Å². The van der Waals surface area contributed by atoms with E-state index in [0.29, 0.717) is 6.54 Å². The van der Waals surface area contributed by atoms with Crippen molar-refractivity contribution < 1.29 is 4.79 Å². The number of hydrogen-bond acceptors (Lipinski definition) is 3. The lowest BCUT2D eigenvalue weighted by Crippen LogP contribution is -2.21. The lowest BCUT2D eigenvalue weighted by atomic mass is 10.6. The van der Waals surface area contributed by atoms with E-state index >= 15 is 0 Å². The molecule has 1 N–H and O–H groups in total. The molecule has 48 valence electrons. The molecule has 0 aliphatic rings. The van der Waals surface area contributed by atoms with E-state index in [-0.39, 0.29) is 5.91 Å². The van der Waals surface area contributed by atoms with Crippen LogP contribution in [0.4, 0.5) is 0 Å². The van der Waals surface area contributed by atoms with Crippen LogP contribution in [-0.2, 0) is 4.79 Å². The highest BCUT2D eigenvalue weighted by Gasteiger charge is 1.86. The molecule has 0 aliphatic heterocycles. The van der Waals surface area contributed by atoms with E-state index < -0.39 is 0 Å². The standard InChI is InChI=1S/C4H9NOS2/c1-4(6)5-2-3-8-7/h7H,2-3H2,1H3,(H,5,6). The Hall–Kier alpha value is 0.170. The van der Waals surface area contributed by atoms with E-state index in [1.807, 2.05) is 0 Å². The summed E-state index contributed by atoms with van der Waals surface area (Å²) in [5.41, 5.74) is 0. The predicted octanol–water partition coefficient (Wildman–Crippen LogP) is 0.700. The van der Waals surface area contributed by atoms with Crippen molar-refractivity contribution in [2.45, 2.75) is 6.92 Å². The first-order chi connectivity index (χ1) is 3.77. The molecule has 0 aliphatic carbocycles. The van der Waals surface area contributed by atoms with Crippen LogP contribution in [0, 0.1) is 0 Å². The molecule has 0 heterocycles. The maximum absolute atomic E-state index is 10.2. The molecule has 0 spiro atoms. The number of hydrogen-bond donors (Lipinski definition) is 2. The van der Waals surface area contributed by atoms with Crippen LogP contribution < -0.4 is 5.32 Å². The van der Waals surface area contributed by atoms with Gasteiger partial charge in [0.1, 0.15) is 0 Å². The maximum Gasteiger partial charge on any atom is 0.216 e. The number of amides is 1. The van der Waals surface area contributed by atoms with Crippen LogP contribution in [0.3, 0.4) is 0 Å². The minimum atomic E-state index is 0.0207. The summed E-state index contributed by atoms with van der Waals surface area (Å²) < 4.78 is 0. The fraction of sp³-hybridized carbons (Fsp3) is 0.750. The summed E-state index contributed by atoms with van der Waals surface area (Å²) in [6, 6.07) is 0. The zero-order chi connectivity index (χ0) is 6.41. The largest absolute Gasteiger partial charge is 0.355 e. The second kappa shape index (κ2) is 5.31. The van der Waals surface area contributed by atoms with Crippen LogP contribution in [0.1, 0.15) is 6.92 Å². The molecule has 0 bridgehead atoms. The van der Waals surface area contributed by atoms with Crippen molar-refractivity contribution in [3.8, 4) is 0 Å². The SMILES string of the molecule is CC(=O)NCCSS. The molecule has 4 heteroatoms. The molecule has 0 aromatic rings. The van der Waals surface area contributed by atoms with Crippen molar-refractivity contribution in [1.82, 2.24) is 5.32 Å². The summed E-state index contributed by atoms with van der Waals surface area (Å²) in [5, 5.41) is 2.64. The number of carbonyl (C=O) groups excluding carboxylic acids is 1. The first kappa shape index (κ1) is 8.17. The van der Waals surface area contributed by atoms with Crippen LogP contribution in [0.5, 0.6) is 0 Å². The molecule has 0 radical (unpaired) electrons. The van der Waals surface area contributed by atoms with E-state index in [9.17, 15) is 4.79 Å². The molecular formula is C4H9NOS2. The van der Waals surface area contributed by atoms with Crippen molar-refractivity contribution in [2.24, 2.45) is 0 Å². The maximum atomic E-state index is 10.2. The minimum absolute atomic E-state index is 0.0207. The zero-order valence-corrected chi connectivity index (χ0v) is 6.39. The first-order valence-electron chi connectivity index (χ1n) is 2.28. The van der Waals surface area contributed by atoms with Crippen LogP contribution >= 0.6 is 22.5 Å². The van der Waals surface area contributed by atoms with Gasteiger partial charge in [0.2, 0.25) is 5.91 Å². The van der Waals surface area contributed by atoms with Crippen molar-refractivity contribution >= 4 is 28.4 Å². The fourth-order valence-electron chi connectivity index (χ4n) is 0.273. The third-order valence-corrected chi connectivity index (χ3v) is 1.50. The van der Waals surface area contributed by atoms with Crippen molar-refractivity contribution in [3.05, 3.63) is 0 Å². The highest BCUT2D eigenvalue weighted by atomic mass is 33.1. The van der Waals surface area contributed by atoms with Crippen LogP contribution in [0.25, 0.3) is 0 Å². The lowest BCUT2D eigenvalue weighted by molar-refractivity contribution is -0.118. The van der Waals surface area contributed by atoms with Gasteiger partial charge in [0, 0.05) is 19.2 Å². The quantitative estimate of drug-likeness (QED) is 0.353. The Morgan fingerprint density at radius 3 is 2.88 bits per heavy atom. The van der Waals surface area contributed by atoms with Crippen LogP contribution in [0.2, 0.25) is 0 Å². The normalized spacial score (nSPS) is 8.75. The Labute approximate surface area is 58.2 Å². The average molecular weight is 151 g/mol. The van der Waals surface area contributed by atoms with Crippen molar-refractivity contribution in [3.63, 3.8) is 0 Å². The summed E-state index contributed by atoms with van der Waals surface area (Å²) in [6.45, 7) is 2.21. The summed E-state index contributed by atoms with van der Waals surface area (Å²) in [4.78, 5) is 10.2. The molecule has 0 rings (SSSR count). The van der Waals surface area contributed by atoms with Crippen molar-refractivity contribution in [2.75, 3.05) is 12.3 Å². The molecule has 2 nitrogen and oxygen atoms in total. The van der Waals surface area contributed by atoms with Gasteiger partial charge in [0.05, 0.1) is 0 Å². The van der Waals surface area contributed by atoms with Crippen LogP contribution in [-0.4, -0.2) is 18.2 Å². The minimum Gasteiger partial charge on any atom is -0.355 e. The van der Waals surface area contributed by atoms with Gasteiger partial charge in [-0.15, -0.1) is 11.7 Å². The number of thiol groups is 1. The van der Waals surface area contributed by atoms with Gasteiger partial charge in [-0.1, -0.05) is 10.8 Å². The summed E-state index contributed by atoms with van der Waals surface area (Å²) >= 11 is 3.89. The van der Waals surface area contributed by atoms with Gasteiger partial charge < -0.3 is 5.32 Å². The highest BCUT2D eigenvalue weighted by Crippen LogP contribution is 2.00. The molecule has 0 saturated heterocycles. The van der Waals surface area contributed by atoms with Gasteiger partial charge in [-0.25, -0.2) is 0 Å². The number of rotatable bonds is 3. The van der Waals surface area contributed by atoms with Crippen LogP contribution in [0.15, 0.2) is 0 Å². The lowest BCUT2D eigenvalue weighted by Gasteiger charge is -1.95. The Kier molecular flexibility index (Phi) is 5.42. The van der Waals surface area contributed by atoms with Gasteiger partial charge in [-0.2, -0.15) is 0 Å². The van der Waals surface area contributed by atoms with E-state index in [0.717, 1.165) is 5.75 Å². The number of nitrogens with one attached hydrogen (secondary N) is 1. The molecule has 1 amide bonds. The second-order valence-electron chi connectivity index (χ2n) is 1.32. The third-order valence-electron chi connectivity index (χ3n) is 0.567. The molecular weight excluding hydrogens is 142 g/mol. The Morgan fingerprint density at radius 1 is 1.88 bits per heavy atom. The molecule has 0 aromatic carbocycles. The summed E-state index contributed by atoms with van der Waals surface area (Å²) in [6.07, 6.45) is 0. The summed E-state index contributed by atoms with van der Waals surface area (Å²) in [7, 11) is 1.42. The Morgan fingerprint density at radius 2 is 2.50 bits per heavy atom. The molecule has 0 saturated carbocycles. The van der Waals surface area contributed by atoms with E-state index in [4.69, 9.17) is 0 Å². The topological polar surface area (TPSA) is 29.1 Å². The smallest absolute Gasteiger partial charge is 0.216 e. The van der Waals surface area contributed by atoms with Gasteiger partial charge >= 0.3 is 0 Å². The molecule has 0 atom stereocenters. The summed E-state index contributed by atoms with van der Waals surface area (Å²) in [5.74, 6) is 0.885. The van der Waals surface area contributed by atoms with E-state index in [1.54, 1.807) is 0 Å². The third kappa shape index (κ3) is 6.17. The number of carbonyl (C=O) groups is 1. The Balaban J connectivity index is 2.82. The predicted molar refractivity (Wildman–Crippen MR) is 40.1 cm³/mol. The Bertz CT molecular complexity index is 76.4. The fourth-order valence-corrected chi connectivity index (χ4v) is 0.740. The van der Waals surface area contributed by atoms with Gasteiger partial charge in [-0.05, 0) is 0 Å².